The number of halogens is 3. The molecule has 1 aromatic heterocycles. The Morgan fingerprint density at radius 2 is 2.00 bits per heavy atom. The van der Waals surface area contributed by atoms with Crippen molar-refractivity contribution >= 4 is 56.6 Å². The van der Waals surface area contributed by atoms with Crippen molar-refractivity contribution in [3.05, 3.63) is 50.5 Å². The molecule has 0 spiro atoms. The number of carboxylic acids is 1. The Hall–Kier alpha value is -1.30. The van der Waals surface area contributed by atoms with Crippen LogP contribution < -0.4 is 5.32 Å². The molecule has 0 aliphatic carbocycles. The van der Waals surface area contributed by atoms with Gasteiger partial charge in [-0.05, 0) is 46.3 Å². The molecule has 0 bridgehead atoms. The van der Waals surface area contributed by atoms with Crippen LogP contribution in [0.3, 0.4) is 0 Å². The van der Waals surface area contributed by atoms with E-state index >= 15 is 0 Å². The second kappa shape index (κ2) is 5.77. The molecule has 0 fully saturated rings. The monoisotopic (exact) mass is 360 g/mol. The molecule has 4 nitrogen and oxygen atoms in total. The number of aromatic nitrogens is 1. The molecule has 19 heavy (non-hydrogen) atoms. The van der Waals surface area contributed by atoms with E-state index in [1.807, 2.05) is 0 Å². The molecular weight excluding hydrogens is 355 g/mol. The van der Waals surface area contributed by atoms with Gasteiger partial charge in [0.2, 0.25) is 0 Å². The van der Waals surface area contributed by atoms with Crippen molar-refractivity contribution in [2.45, 2.75) is 0 Å². The van der Waals surface area contributed by atoms with E-state index in [4.69, 9.17) is 28.3 Å². The summed E-state index contributed by atoms with van der Waals surface area (Å²) in [5, 5.41) is 12.6. The van der Waals surface area contributed by atoms with Gasteiger partial charge in [0.05, 0.1) is 10.7 Å². The van der Waals surface area contributed by atoms with Crippen LogP contribution in [-0.4, -0.2) is 16.1 Å². The highest BCUT2D eigenvalue weighted by Crippen LogP contribution is 2.29. The lowest BCUT2D eigenvalue weighted by atomic mass is 10.3. The van der Waals surface area contributed by atoms with Gasteiger partial charge in [-0.15, -0.1) is 0 Å². The van der Waals surface area contributed by atoms with E-state index in [9.17, 15) is 4.79 Å². The first-order valence-corrected chi connectivity index (χ1v) is 6.64. The fourth-order valence-electron chi connectivity index (χ4n) is 1.39. The molecule has 0 saturated carbocycles. The second-order valence-corrected chi connectivity index (χ2v) is 5.28. The average molecular weight is 362 g/mol. The van der Waals surface area contributed by atoms with Gasteiger partial charge in [-0.2, -0.15) is 0 Å². The number of anilines is 2. The Kier molecular flexibility index (Phi) is 4.29. The van der Waals surface area contributed by atoms with E-state index < -0.39 is 5.97 Å². The predicted octanol–water partition coefficient (Wildman–Crippen LogP) is 4.59. The van der Waals surface area contributed by atoms with Crippen molar-refractivity contribution < 1.29 is 9.90 Å². The molecule has 0 aliphatic rings. The van der Waals surface area contributed by atoms with Crippen LogP contribution in [0.15, 0.2) is 34.8 Å². The van der Waals surface area contributed by atoms with Crippen LogP contribution >= 0.6 is 39.1 Å². The van der Waals surface area contributed by atoms with E-state index in [2.05, 4.69) is 26.2 Å². The maximum Gasteiger partial charge on any atom is 0.356 e. The minimum atomic E-state index is -1.18. The third-order valence-electron chi connectivity index (χ3n) is 2.24. The van der Waals surface area contributed by atoms with E-state index in [1.165, 1.54) is 6.07 Å². The lowest BCUT2D eigenvalue weighted by molar-refractivity contribution is 0.0691. The summed E-state index contributed by atoms with van der Waals surface area (Å²) in [5.74, 6) is -0.816. The number of hydrogen-bond acceptors (Lipinski definition) is 3. The number of hydrogen-bond donors (Lipinski definition) is 2. The third kappa shape index (κ3) is 3.37. The molecule has 98 valence electrons. The molecule has 2 N–H and O–H groups in total. The Labute approximate surface area is 127 Å². The number of carbonyl (C=O) groups is 1. The summed E-state index contributed by atoms with van der Waals surface area (Å²) in [4.78, 5) is 14.9. The van der Waals surface area contributed by atoms with Crippen LogP contribution in [-0.2, 0) is 0 Å². The topological polar surface area (TPSA) is 62.2 Å². The molecule has 1 heterocycles. The Bertz CT molecular complexity index is 650. The van der Waals surface area contributed by atoms with Gasteiger partial charge < -0.3 is 10.4 Å². The zero-order valence-corrected chi connectivity index (χ0v) is 12.4. The summed E-state index contributed by atoms with van der Waals surface area (Å²) in [7, 11) is 0. The Morgan fingerprint density at radius 3 is 2.68 bits per heavy atom. The zero-order valence-electron chi connectivity index (χ0n) is 9.32. The number of nitrogens with zero attached hydrogens (tertiary/aromatic N) is 1. The van der Waals surface area contributed by atoms with Crippen LogP contribution in [0.1, 0.15) is 10.5 Å². The Morgan fingerprint density at radius 1 is 1.26 bits per heavy atom. The first-order valence-electron chi connectivity index (χ1n) is 5.09. The van der Waals surface area contributed by atoms with Crippen molar-refractivity contribution in [1.29, 1.82) is 0 Å². The van der Waals surface area contributed by atoms with Crippen molar-refractivity contribution in [2.75, 3.05) is 5.32 Å². The van der Waals surface area contributed by atoms with Crippen LogP contribution in [0.4, 0.5) is 11.5 Å². The molecule has 0 amide bonds. The summed E-state index contributed by atoms with van der Waals surface area (Å²) in [6.45, 7) is 0. The van der Waals surface area contributed by atoms with Crippen molar-refractivity contribution in [3.8, 4) is 0 Å². The van der Waals surface area contributed by atoms with Crippen LogP contribution in [0.2, 0.25) is 10.0 Å². The molecule has 2 rings (SSSR count). The molecule has 0 saturated heterocycles. The summed E-state index contributed by atoms with van der Waals surface area (Å²) < 4.78 is 0.783. The predicted molar refractivity (Wildman–Crippen MR) is 78.6 cm³/mol. The molecule has 0 atom stereocenters. The van der Waals surface area contributed by atoms with Gasteiger partial charge in [-0.25, -0.2) is 9.78 Å². The fraction of sp³-hybridized carbons (Fsp3) is 0. The molecular formula is C12H7BrCl2N2O2. The summed E-state index contributed by atoms with van der Waals surface area (Å²) in [6, 6.07) is 8.26. The van der Waals surface area contributed by atoms with E-state index in [-0.39, 0.29) is 10.7 Å². The highest BCUT2D eigenvalue weighted by Gasteiger charge is 2.12. The maximum atomic E-state index is 10.9. The Balaban J connectivity index is 2.36. The smallest absolute Gasteiger partial charge is 0.356 e. The number of carboxylic acid groups (broad SMARTS) is 1. The highest BCUT2D eigenvalue weighted by molar-refractivity contribution is 9.10. The maximum absolute atomic E-state index is 10.9. The number of rotatable bonds is 3. The number of pyridine rings is 1. The first kappa shape index (κ1) is 14.1. The van der Waals surface area contributed by atoms with E-state index in [0.29, 0.717) is 16.5 Å². The van der Waals surface area contributed by atoms with Crippen LogP contribution in [0.25, 0.3) is 0 Å². The van der Waals surface area contributed by atoms with Crippen molar-refractivity contribution in [1.82, 2.24) is 4.98 Å². The minimum Gasteiger partial charge on any atom is -0.476 e. The van der Waals surface area contributed by atoms with Gasteiger partial charge in [-0.3, -0.25) is 0 Å². The minimum absolute atomic E-state index is 0.0863. The van der Waals surface area contributed by atoms with Gasteiger partial charge >= 0.3 is 5.97 Å². The molecule has 1 aromatic carbocycles. The van der Waals surface area contributed by atoms with Gasteiger partial charge in [0.15, 0.2) is 5.69 Å². The summed E-state index contributed by atoms with van der Waals surface area (Å²) in [6.07, 6.45) is 0. The lowest BCUT2D eigenvalue weighted by Crippen LogP contribution is -2.04. The normalized spacial score (nSPS) is 10.3. The average Bonchev–Trinajstić information content (AvgIpc) is 2.36. The molecule has 0 unspecified atom stereocenters. The molecule has 7 heteroatoms. The van der Waals surface area contributed by atoms with Gasteiger partial charge in [0, 0.05) is 9.50 Å². The van der Waals surface area contributed by atoms with Crippen LogP contribution in [0.5, 0.6) is 0 Å². The quantitative estimate of drug-likeness (QED) is 0.839. The summed E-state index contributed by atoms with van der Waals surface area (Å²) >= 11 is 15.0. The second-order valence-electron chi connectivity index (χ2n) is 3.58. The number of aromatic carboxylic acids is 1. The SMILES string of the molecule is O=C(O)c1nc(Nc2cc(Cl)ccc2Br)ccc1Cl. The fourth-order valence-corrected chi connectivity index (χ4v) is 2.10. The largest absolute Gasteiger partial charge is 0.476 e. The third-order valence-corrected chi connectivity index (χ3v) is 3.47. The van der Waals surface area contributed by atoms with Gasteiger partial charge in [0.25, 0.3) is 0 Å². The first-order chi connectivity index (χ1) is 8.97. The van der Waals surface area contributed by atoms with E-state index in [1.54, 1.807) is 24.3 Å². The molecule has 0 aliphatic heterocycles. The van der Waals surface area contributed by atoms with Crippen molar-refractivity contribution in [3.63, 3.8) is 0 Å². The number of nitrogens with one attached hydrogen (secondary N) is 1. The standard InChI is InChI=1S/C12H7BrCl2N2O2/c13-7-2-1-6(14)5-9(7)16-10-4-3-8(15)11(17-10)12(18)19/h1-5H,(H,16,17)(H,18,19). The van der Waals surface area contributed by atoms with Gasteiger partial charge in [-0.1, -0.05) is 23.2 Å². The number of benzene rings is 1. The molecule has 2 aromatic rings. The zero-order chi connectivity index (χ0) is 14.0. The van der Waals surface area contributed by atoms with E-state index in [0.717, 1.165) is 4.47 Å². The summed E-state index contributed by atoms with van der Waals surface area (Å²) in [5.41, 5.74) is 0.475. The lowest BCUT2D eigenvalue weighted by Gasteiger charge is -2.09. The molecule has 0 radical (unpaired) electrons. The van der Waals surface area contributed by atoms with Gasteiger partial charge in [0.1, 0.15) is 5.82 Å². The van der Waals surface area contributed by atoms with Crippen LogP contribution in [0, 0.1) is 0 Å². The van der Waals surface area contributed by atoms with Crippen molar-refractivity contribution in [2.24, 2.45) is 0 Å². The highest BCUT2D eigenvalue weighted by atomic mass is 79.9.